The zero-order chi connectivity index (χ0) is 39.5. The van der Waals surface area contributed by atoms with E-state index in [9.17, 15) is 4.79 Å². The Kier molecular flexibility index (Phi) is 18.4. The topological polar surface area (TPSA) is 93.7 Å². The number of alkyl carbamates (subject to hydrolysis) is 1. The highest BCUT2D eigenvalue weighted by Crippen LogP contribution is 2.43. The Morgan fingerprint density at radius 2 is 1.47 bits per heavy atom. The van der Waals surface area contributed by atoms with Crippen LogP contribution in [0.2, 0.25) is 0 Å². The minimum atomic E-state index is -0.958. The second-order valence-electron chi connectivity index (χ2n) is 14.0. The molecule has 3 aromatic carbocycles. The van der Waals surface area contributed by atoms with Crippen LogP contribution in [-0.2, 0) is 29.1 Å². The molecule has 1 aliphatic rings. The maximum absolute atomic E-state index is 12.0. The zero-order valence-electron chi connectivity index (χ0n) is 33.6. The number of hydrogen-bond acceptors (Lipinski definition) is 8. The number of ether oxygens (including phenoxy) is 6. The van der Waals surface area contributed by atoms with E-state index in [-0.39, 0.29) is 25.4 Å². The van der Waals surface area contributed by atoms with Crippen LogP contribution >= 0.6 is 8.15 Å². The molecule has 0 spiro atoms. The number of benzene rings is 3. The fraction of sp³-hybridized carbons (Fsp3) is 0.444. The highest BCUT2D eigenvalue weighted by Gasteiger charge is 2.43. The van der Waals surface area contributed by atoms with Crippen molar-refractivity contribution >= 4 is 14.2 Å². The van der Waals surface area contributed by atoms with E-state index in [1.807, 2.05) is 87.5 Å². The number of rotatable bonds is 22. The molecule has 10 heteroatoms. The minimum absolute atomic E-state index is 0.171. The van der Waals surface area contributed by atoms with E-state index >= 15 is 0 Å². The third kappa shape index (κ3) is 13.9. The molecule has 3 aromatic rings. The molecule has 0 aliphatic carbocycles. The van der Waals surface area contributed by atoms with Crippen LogP contribution in [0.4, 0.5) is 4.79 Å². The van der Waals surface area contributed by atoms with Gasteiger partial charge in [0.05, 0.1) is 26.9 Å². The summed E-state index contributed by atoms with van der Waals surface area (Å²) in [6.07, 6.45) is 11.0. The van der Waals surface area contributed by atoms with Gasteiger partial charge in [0, 0.05) is 27.7 Å². The van der Waals surface area contributed by atoms with Crippen LogP contribution in [0.3, 0.4) is 0 Å². The number of unbranched alkanes of at least 4 members (excludes halogenated alkanes) is 3. The van der Waals surface area contributed by atoms with Crippen LogP contribution in [-0.4, -0.2) is 78.5 Å². The van der Waals surface area contributed by atoms with Gasteiger partial charge in [-0.15, -0.1) is 0 Å². The van der Waals surface area contributed by atoms with Gasteiger partial charge < -0.3 is 38.3 Å². The molecule has 1 saturated heterocycles. The van der Waals surface area contributed by atoms with Gasteiger partial charge in [-0.1, -0.05) is 96.8 Å². The van der Waals surface area contributed by atoms with Crippen molar-refractivity contribution in [2.24, 2.45) is 0 Å². The van der Waals surface area contributed by atoms with Gasteiger partial charge in [0.25, 0.3) is 0 Å². The van der Waals surface area contributed by atoms with Gasteiger partial charge in [-0.2, -0.15) is 0 Å². The molecule has 0 bridgehead atoms. The molecule has 1 aliphatic heterocycles. The smallest absolute Gasteiger partial charge is 0.407 e. The third-order valence-electron chi connectivity index (χ3n) is 9.20. The van der Waals surface area contributed by atoms with E-state index in [2.05, 4.69) is 55.0 Å². The summed E-state index contributed by atoms with van der Waals surface area (Å²) in [5.41, 5.74) is 4.22. The number of nitrogens with one attached hydrogen (secondary N) is 1. The first kappa shape index (κ1) is 43.7. The van der Waals surface area contributed by atoms with Crippen LogP contribution in [0.25, 0.3) is 0 Å². The predicted octanol–water partition coefficient (Wildman–Crippen LogP) is 9.94. The molecule has 3 atom stereocenters. The van der Waals surface area contributed by atoms with Crippen LogP contribution in [0, 0.1) is 0 Å². The normalized spacial score (nSPS) is 17.4. The second kappa shape index (κ2) is 23.2. The summed E-state index contributed by atoms with van der Waals surface area (Å²) >= 11 is 0. The molecule has 55 heavy (non-hydrogen) atoms. The van der Waals surface area contributed by atoms with Gasteiger partial charge in [0.2, 0.25) is 0 Å². The van der Waals surface area contributed by atoms with Gasteiger partial charge in [0.1, 0.15) is 29.8 Å². The van der Waals surface area contributed by atoms with Gasteiger partial charge >= 0.3 is 6.09 Å². The predicted molar refractivity (Wildman–Crippen MR) is 221 cm³/mol. The van der Waals surface area contributed by atoms with Crippen molar-refractivity contribution in [2.45, 2.75) is 77.0 Å². The number of carbonyl (C=O) groups excluding carboxylic acids is 1. The second-order valence-corrected chi connectivity index (χ2v) is 15.8. The van der Waals surface area contributed by atoms with Crippen molar-refractivity contribution in [3.8, 4) is 11.5 Å². The average Bonchev–Trinajstić information content (AvgIpc) is 3.56. The quantitative estimate of drug-likeness (QED) is 0.0467. The molecule has 1 N–H and O–H groups in total. The third-order valence-corrected chi connectivity index (χ3v) is 9.89. The SMILES string of the molecule is COc1ccc(C(OC[C@H]2O[C@@H](OCCCCCCNC(=O)OC/C=C(C)/C=C/C=C(C)C)CC2OP(C)C)(c2ccccc2)c2ccc(OC)cc2)cc1. The van der Waals surface area contributed by atoms with Crippen LogP contribution < -0.4 is 14.8 Å². The van der Waals surface area contributed by atoms with E-state index < -0.39 is 26.1 Å². The van der Waals surface area contributed by atoms with Crippen LogP contribution in [0.15, 0.2) is 114 Å². The molecule has 1 unspecified atom stereocenters. The maximum atomic E-state index is 12.0. The van der Waals surface area contributed by atoms with E-state index in [1.165, 1.54) is 5.57 Å². The van der Waals surface area contributed by atoms with E-state index in [0.717, 1.165) is 59.4 Å². The molecule has 4 rings (SSSR count). The van der Waals surface area contributed by atoms with Crippen molar-refractivity contribution in [3.63, 3.8) is 0 Å². The van der Waals surface area contributed by atoms with E-state index in [1.54, 1.807) is 14.2 Å². The fourth-order valence-corrected chi connectivity index (χ4v) is 7.11. The number of methoxy groups -OCH3 is 2. The summed E-state index contributed by atoms with van der Waals surface area (Å²) in [6, 6.07) is 26.3. The molecular weight excluding hydrogens is 713 g/mol. The van der Waals surface area contributed by atoms with Crippen molar-refractivity contribution in [3.05, 3.63) is 131 Å². The van der Waals surface area contributed by atoms with Gasteiger partial charge in [-0.3, -0.25) is 0 Å². The standard InChI is InChI=1S/C45H60NO8P/c1-34(2)16-15-17-35(3)28-31-51-44(47)46-29-13-8-9-14-30-50-43-32-41(54-55(6)7)42(53-43)33-52-45(36-18-11-10-12-19-36,37-20-24-39(48-4)25-21-37)38-22-26-40(49-5)27-23-38/h10-12,15-28,41-43H,8-9,13-14,29-33H2,1-7H3,(H,46,47)/b17-15+,35-28+/t41?,42-,43-/m1/s1. The van der Waals surface area contributed by atoms with Gasteiger partial charge in [-0.25, -0.2) is 4.79 Å². The van der Waals surface area contributed by atoms with E-state index in [4.69, 9.17) is 32.9 Å². The Morgan fingerprint density at radius 1 is 0.855 bits per heavy atom. The molecule has 1 fully saturated rings. The zero-order valence-corrected chi connectivity index (χ0v) is 34.5. The highest BCUT2D eigenvalue weighted by atomic mass is 31.1. The summed E-state index contributed by atoms with van der Waals surface area (Å²) < 4.78 is 42.6. The molecule has 298 valence electrons. The van der Waals surface area contributed by atoms with Gasteiger partial charge in [-0.05, 0) is 94.0 Å². The van der Waals surface area contributed by atoms with Crippen molar-refractivity contribution in [2.75, 3.05) is 53.9 Å². The summed E-state index contributed by atoms with van der Waals surface area (Å²) in [6.45, 7) is 12.0. The maximum Gasteiger partial charge on any atom is 0.407 e. The fourth-order valence-electron chi connectivity index (χ4n) is 6.34. The largest absolute Gasteiger partial charge is 0.497 e. The van der Waals surface area contributed by atoms with Crippen molar-refractivity contribution in [1.29, 1.82) is 0 Å². The first-order valence-corrected chi connectivity index (χ1v) is 21.3. The highest BCUT2D eigenvalue weighted by molar-refractivity contribution is 7.50. The Hall–Kier alpha value is -3.98. The molecule has 0 saturated carbocycles. The Labute approximate surface area is 329 Å². The van der Waals surface area contributed by atoms with Crippen LogP contribution in [0.1, 0.15) is 69.6 Å². The van der Waals surface area contributed by atoms with Crippen molar-refractivity contribution < 1.29 is 37.7 Å². The summed E-state index contributed by atoms with van der Waals surface area (Å²) in [4.78, 5) is 12.0. The minimum Gasteiger partial charge on any atom is -0.497 e. The monoisotopic (exact) mass is 773 g/mol. The molecule has 1 amide bonds. The lowest BCUT2D eigenvalue weighted by molar-refractivity contribution is -0.156. The number of carbonyl (C=O) groups is 1. The lowest BCUT2D eigenvalue weighted by atomic mass is 9.80. The Bertz CT molecular complexity index is 1600. The molecule has 0 radical (unpaired) electrons. The Balaban J connectivity index is 1.31. The molecule has 1 heterocycles. The Morgan fingerprint density at radius 3 is 2.07 bits per heavy atom. The molecule has 0 aromatic heterocycles. The molecular formula is C45H60NO8P. The molecule has 9 nitrogen and oxygen atoms in total. The lowest BCUT2D eigenvalue weighted by Gasteiger charge is -2.37. The van der Waals surface area contributed by atoms with Crippen LogP contribution in [0.5, 0.6) is 11.5 Å². The summed E-state index contributed by atoms with van der Waals surface area (Å²) in [7, 11) is 2.69. The number of amides is 1. The lowest BCUT2D eigenvalue weighted by Crippen LogP contribution is -2.38. The first-order valence-electron chi connectivity index (χ1n) is 19.1. The number of hydrogen-bond donors (Lipinski definition) is 1. The summed E-state index contributed by atoms with van der Waals surface area (Å²) in [5.74, 6) is 1.53. The van der Waals surface area contributed by atoms with E-state index in [0.29, 0.717) is 19.6 Å². The first-order chi connectivity index (χ1) is 26.6. The average molecular weight is 774 g/mol. The van der Waals surface area contributed by atoms with Crippen molar-refractivity contribution in [1.82, 2.24) is 5.32 Å². The summed E-state index contributed by atoms with van der Waals surface area (Å²) in [5, 5.41) is 2.83. The van der Waals surface area contributed by atoms with Gasteiger partial charge in [0.15, 0.2) is 6.29 Å². The number of allylic oxidation sites excluding steroid dienone is 5.